The third-order valence-corrected chi connectivity index (χ3v) is 4.93. The third-order valence-electron chi connectivity index (χ3n) is 3.89. The van der Waals surface area contributed by atoms with Gasteiger partial charge >= 0.3 is 0 Å². The Morgan fingerprint density at radius 2 is 1.57 bits per heavy atom. The molecule has 0 unspecified atom stereocenters. The number of fused-ring (bicyclic) bond motifs is 2. The molecule has 0 amide bonds. The van der Waals surface area contributed by atoms with Crippen molar-refractivity contribution in [2.24, 2.45) is 0 Å². The Balaban J connectivity index is 1.77. The molecule has 2 aromatic carbocycles. The lowest BCUT2D eigenvalue weighted by Crippen LogP contribution is -1.90. The van der Waals surface area contributed by atoms with Crippen LogP contribution in [0, 0.1) is 13.8 Å². The monoisotopic (exact) mass is 316 g/mol. The van der Waals surface area contributed by atoms with Gasteiger partial charge in [0.05, 0.1) is 11.0 Å². The van der Waals surface area contributed by atoms with Crippen LogP contribution in [0.3, 0.4) is 0 Å². The predicted octanol–water partition coefficient (Wildman–Crippen LogP) is 5.55. The Kier molecular flexibility index (Phi) is 3.50. The van der Waals surface area contributed by atoms with Gasteiger partial charge in [-0.05, 0) is 61.0 Å². The first-order valence-electron chi connectivity index (χ1n) is 7.61. The lowest BCUT2D eigenvalue weighted by molar-refractivity contribution is 1.10. The number of hydrogen-bond donors (Lipinski definition) is 0. The minimum Gasteiger partial charge on any atom is -0.241 e. The van der Waals surface area contributed by atoms with Crippen molar-refractivity contribution < 1.29 is 0 Å². The van der Waals surface area contributed by atoms with Gasteiger partial charge in [0, 0.05) is 10.8 Å². The number of para-hydroxylation sites is 1. The van der Waals surface area contributed by atoms with Gasteiger partial charge in [0.25, 0.3) is 0 Å². The van der Waals surface area contributed by atoms with Crippen LogP contribution >= 0.6 is 11.8 Å². The molecule has 0 spiro atoms. The summed E-state index contributed by atoms with van der Waals surface area (Å²) in [7, 11) is 0. The molecular formula is C20H16N2S. The average Bonchev–Trinajstić information content (AvgIpc) is 2.56. The fourth-order valence-electron chi connectivity index (χ4n) is 2.67. The van der Waals surface area contributed by atoms with E-state index in [1.807, 2.05) is 18.2 Å². The number of hydrogen-bond acceptors (Lipinski definition) is 3. The Bertz CT molecular complexity index is 1020. The zero-order valence-electron chi connectivity index (χ0n) is 13.1. The summed E-state index contributed by atoms with van der Waals surface area (Å²) in [5.74, 6) is 0. The van der Waals surface area contributed by atoms with Gasteiger partial charge in [-0.2, -0.15) is 0 Å². The van der Waals surface area contributed by atoms with E-state index in [4.69, 9.17) is 9.97 Å². The Labute approximate surface area is 139 Å². The van der Waals surface area contributed by atoms with Gasteiger partial charge in [0.2, 0.25) is 0 Å². The topological polar surface area (TPSA) is 25.8 Å². The van der Waals surface area contributed by atoms with Crippen LogP contribution in [0.25, 0.3) is 21.8 Å². The highest BCUT2D eigenvalue weighted by molar-refractivity contribution is 7.99. The Hall–Kier alpha value is -2.39. The zero-order chi connectivity index (χ0) is 15.8. The Morgan fingerprint density at radius 1 is 0.739 bits per heavy atom. The van der Waals surface area contributed by atoms with Crippen LogP contribution in [-0.2, 0) is 0 Å². The molecule has 0 N–H and O–H groups in total. The van der Waals surface area contributed by atoms with E-state index in [-0.39, 0.29) is 0 Å². The molecule has 2 heterocycles. The van der Waals surface area contributed by atoms with Crippen LogP contribution in [-0.4, -0.2) is 9.97 Å². The molecule has 0 aliphatic rings. The van der Waals surface area contributed by atoms with Gasteiger partial charge < -0.3 is 0 Å². The van der Waals surface area contributed by atoms with Crippen molar-refractivity contribution in [3.05, 3.63) is 71.8 Å². The highest BCUT2D eigenvalue weighted by Crippen LogP contribution is 2.30. The lowest BCUT2D eigenvalue weighted by atomic mass is 10.1. The fourth-order valence-corrected chi connectivity index (χ4v) is 3.51. The molecule has 0 fully saturated rings. The van der Waals surface area contributed by atoms with Crippen molar-refractivity contribution in [2.75, 3.05) is 0 Å². The lowest BCUT2D eigenvalue weighted by Gasteiger charge is -2.08. The first-order chi connectivity index (χ1) is 11.2. The molecule has 23 heavy (non-hydrogen) atoms. The van der Waals surface area contributed by atoms with E-state index >= 15 is 0 Å². The van der Waals surface area contributed by atoms with Gasteiger partial charge in [-0.15, -0.1) is 0 Å². The molecule has 0 aliphatic heterocycles. The van der Waals surface area contributed by atoms with Crippen LogP contribution in [0.2, 0.25) is 0 Å². The average molecular weight is 316 g/mol. The van der Waals surface area contributed by atoms with Crippen LogP contribution in [0.1, 0.15) is 11.1 Å². The van der Waals surface area contributed by atoms with Crippen molar-refractivity contribution in [2.45, 2.75) is 23.9 Å². The number of rotatable bonds is 2. The van der Waals surface area contributed by atoms with Gasteiger partial charge in [0.15, 0.2) is 0 Å². The zero-order valence-corrected chi connectivity index (χ0v) is 13.9. The molecule has 0 saturated carbocycles. The summed E-state index contributed by atoms with van der Waals surface area (Å²) < 4.78 is 0. The smallest absolute Gasteiger partial charge is 0.106 e. The molecular weight excluding hydrogens is 300 g/mol. The molecule has 0 bridgehead atoms. The standard InChI is InChI=1S/C20H16N2S/c1-13-7-8-16-12-14(2)20(22-18(16)11-13)23-19-10-9-15-5-3-4-6-17(15)21-19/h3-12H,1-2H3. The largest absolute Gasteiger partial charge is 0.241 e. The predicted molar refractivity (Wildman–Crippen MR) is 97.1 cm³/mol. The maximum absolute atomic E-state index is 4.83. The number of nitrogens with zero attached hydrogens (tertiary/aromatic N) is 2. The molecule has 3 heteroatoms. The van der Waals surface area contributed by atoms with Crippen LogP contribution in [0.15, 0.2) is 70.7 Å². The molecule has 0 atom stereocenters. The first-order valence-corrected chi connectivity index (χ1v) is 8.42. The van der Waals surface area contributed by atoms with Crippen molar-refractivity contribution in [3.8, 4) is 0 Å². The van der Waals surface area contributed by atoms with E-state index in [0.717, 1.165) is 26.5 Å². The van der Waals surface area contributed by atoms with Gasteiger partial charge in [-0.3, -0.25) is 0 Å². The van der Waals surface area contributed by atoms with E-state index < -0.39 is 0 Å². The van der Waals surface area contributed by atoms with E-state index in [1.54, 1.807) is 11.8 Å². The second kappa shape index (κ2) is 5.67. The van der Waals surface area contributed by atoms with Crippen LogP contribution in [0.4, 0.5) is 0 Å². The first kappa shape index (κ1) is 14.2. The van der Waals surface area contributed by atoms with Crippen LogP contribution in [0.5, 0.6) is 0 Å². The number of benzene rings is 2. The molecule has 0 aliphatic carbocycles. The maximum Gasteiger partial charge on any atom is 0.106 e. The van der Waals surface area contributed by atoms with Crippen molar-refractivity contribution in [1.29, 1.82) is 0 Å². The number of aryl methyl sites for hydroxylation is 2. The highest BCUT2D eigenvalue weighted by atomic mass is 32.2. The molecule has 112 valence electrons. The molecule has 0 saturated heterocycles. The summed E-state index contributed by atoms with van der Waals surface area (Å²) in [5.41, 5.74) is 4.47. The number of aromatic nitrogens is 2. The number of pyridine rings is 2. The van der Waals surface area contributed by atoms with Crippen LogP contribution < -0.4 is 0 Å². The minimum absolute atomic E-state index is 0.978. The summed E-state index contributed by atoms with van der Waals surface area (Å²) in [6, 6.07) is 21.0. The Morgan fingerprint density at radius 3 is 2.48 bits per heavy atom. The van der Waals surface area contributed by atoms with Crippen molar-refractivity contribution >= 4 is 33.6 Å². The maximum atomic E-state index is 4.83. The van der Waals surface area contributed by atoms with Gasteiger partial charge in [-0.1, -0.05) is 36.4 Å². The van der Waals surface area contributed by atoms with E-state index in [9.17, 15) is 0 Å². The highest BCUT2D eigenvalue weighted by Gasteiger charge is 2.07. The third kappa shape index (κ3) is 2.80. The quantitative estimate of drug-likeness (QED) is 0.485. The summed E-state index contributed by atoms with van der Waals surface area (Å²) in [6.45, 7) is 4.20. The van der Waals surface area contributed by atoms with Gasteiger partial charge in [-0.25, -0.2) is 9.97 Å². The normalized spacial score (nSPS) is 11.2. The summed E-state index contributed by atoms with van der Waals surface area (Å²) >= 11 is 1.63. The second-order valence-electron chi connectivity index (χ2n) is 5.75. The van der Waals surface area contributed by atoms with E-state index in [1.165, 1.54) is 16.5 Å². The second-order valence-corrected chi connectivity index (χ2v) is 6.76. The molecule has 4 rings (SSSR count). The van der Waals surface area contributed by atoms with Crippen molar-refractivity contribution in [1.82, 2.24) is 9.97 Å². The van der Waals surface area contributed by atoms with Gasteiger partial charge in [0.1, 0.15) is 10.1 Å². The van der Waals surface area contributed by atoms with E-state index in [2.05, 4.69) is 56.3 Å². The minimum atomic E-state index is 0.978. The SMILES string of the molecule is Cc1ccc2cc(C)c(Sc3ccc4ccccc4n3)nc2c1. The fraction of sp³-hybridized carbons (Fsp3) is 0.100. The molecule has 4 aromatic rings. The molecule has 2 nitrogen and oxygen atoms in total. The summed E-state index contributed by atoms with van der Waals surface area (Å²) in [5, 5.41) is 4.34. The summed E-state index contributed by atoms with van der Waals surface area (Å²) in [6.07, 6.45) is 0. The van der Waals surface area contributed by atoms with Crippen molar-refractivity contribution in [3.63, 3.8) is 0 Å². The summed E-state index contributed by atoms with van der Waals surface area (Å²) in [4.78, 5) is 9.57. The molecule has 0 radical (unpaired) electrons. The van der Waals surface area contributed by atoms with E-state index in [0.29, 0.717) is 0 Å². The molecule has 2 aromatic heterocycles.